The maximum absolute atomic E-state index is 13.6. The zero-order valence-corrected chi connectivity index (χ0v) is 15.2. The highest BCUT2D eigenvalue weighted by Gasteiger charge is 2.80. The number of carboxylic acids is 3. The summed E-state index contributed by atoms with van der Waals surface area (Å²) in [6.07, 6.45) is -9.85. The molecule has 2 aliphatic rings. The summed E-state index contributed by atoms with van der Waals surface area (Å²) >= 11 is 0. The Balaban J connectivity index is 0.000000423. The molecule has 0 aromatic heterocycles. The molecule has 31 heavy (non-hydrogen) atoms. The van der Waals surface area contributed by atoms with Crippen LogP contribution in [0.25, 0.3) is 0 Å². The van der Waals surface area contributed by atoms with Gasteiger partial charge in [0.15, 0.2) is 0 Å². The molecule has 1 saturated carbocycles. The van der Waals surface area contributed by atoms with E-state index in [0.29, 0.717) is 6.07 Å². The Hall–Kier alpha value is -2.90. The molecule has 2 fully saturated rings. The predicted molar refractivity (Wildman–Crippen MR) is 85.1 cm³/mol. The highest BCUT2D eigenvalue weighted by atomic mass is 19.4. The first-order chi connectivity index (χ1) is 14.0. The fourth-order valence-electron chi connectivity index (χ4n) is 3.66. The summed E-state index contributed by atoms with van der Waals surface area (Å²) in [5.41, 5.74) is -3.89. The molecule has 3 rings (SSSR count). The lowest BCUT2D eigenvalue weighted by Crippen LogP contribution is -2.28. The van der Waals surface area contributed by atoms with Gasteiger partial charge in [0.1, 0.15) is 5.82 Å². The molecule has 0 spiro atoms. The van der Waals surface area contributed by atoms with Crippen LogP contribution in [0.4, 0.5) is 30.7 Å². The van der Waals surface area contributed by atoms with Crippen LogP contribution in [0.15, 0.2) is 18.2 Å². The second-order valence-corrected chi connectivity index (χ2v) is 7.21. The Morgan fingerprint density at radius 1 is 0.935 bits per heavy atom. The molecule has 1 aliphatic heterocycles. The predicted octanol–water partition coefficient (Wildman–Crippen LogP) is 2.84. The molecule has 14 heteroatoms. The average Bonchev–Trinajstić information content (AvgIpc) is 3.12. The molecule has 1 aliphatic carbocycles. The van der Waals surface area contributed by atoms with Crippen LogP contribution in [0.2, 0.25) is 0 Å². The van der Waals surface area contributed by atoms with Gasteiger partial charge in [-0.1, -0.05) is 6.07 Å². The number of nitrogens with zero attached hydrogens (tertiary/aromatic N) is 1. The molecule has 3 N–H and O–H groups in total. The van der Waals surface area contributed by atoms with Crippen molar-refractivity contribution >= 4 is 17.9 Å². The number of carboxylic acid groups (broad SMARTS) is 3. The van der Waals surface area contributed by atoms with Gasteiger partial charge in [0.25, 0.3) is 0 Å². The summed E-state index contributed by atoms with van der Waals surface area (Å²) in [4.78, 5) is 33.2. The molecular weight excluding hydrogens is 447 g/mol. The van der Waals surface area contributed by atoms with Gasteiger partial charge in [0.05, 0.1) is 16.4 Å². The third kappa shape index (κ3) is 4.57. The molecule has 0 radical (unpaired) electrons. The Bertz CT molecular complexity index is 887. The van der Waals surface area contributed by atoms with E-state index < -0.39 is 52.5 Å². The van der Waals surface area contributed by atoms with E-state index in [2.05, 4.69) is 0 Å². The van der Waals surface area contributed by atoms with Gasteiger partial charge in [0, 0.05) is 19.6 Å². The number of hydrogen-bond acceptors (Lipinski definition) is 4. The number of fused-ring (bicyclic) bond motifs is 1. The molecule has 0 bridgehead atoms. The second-order valence-electron chi connectivity index (χ2n) is 7.21. The number of piperidine rings is 1. The highest BCUT2D eigenvalue weighted by Crippen LogP contribution is 2.68. The second kappa shape index (κ2) is 7.66. The summed E-state index contributed by atoms with van der Waals surface area (Å²) in [5, 5.41) is 25.7. The lowest BCUT2D eigenvalue weighted by molar-refractivity contribution is -0.192. The van der Waals surface area contributed by atoms with Crippen molar-refractivity contribution in [3.05, 3.63) is 35.1 Å². The number of rotatable bonds is 4. The van der Waals surface area contributed by atoms with Crippen LogP contribution in [-0.2, 0) is 27.1 Å². The Kier molecular flexibility index (Phi) is 6.02. The summed E-state index contributed by atoms with van der Waals surface area (Å²) in [6, 6.07) is 2.48. The molecule has 1 aromatic rings. The SMILES string of the molecule is O=C(O)C(F)(F)F.O=C(O)[C@@]12CN(Cc3ccc(C(F)(F)F)c(F)c3)C[C@]1(C(=O)O)C2. The number of halogens is 7. The van der Waals surface area contributed by atoms with E-state index >= 15 is 0 Å². The molecular formula is C17H14F7NO6. The third-order valence-corrected chi connectivity index (χ3v) is 5.19. The van der Waals surface area contributed by atoms with Crippen molar-refractivity contribution in [1.82, 2.24) is 4.90 Å². The first-order valence-electron chi connectivity index (χ1n) is 8.31. The van der Waals surface area contributed by atoms with Gasteiger partial charge in [-0.05, 0) is 24.1 Å². The number of hydrogen-bond donors (Lipinski definition) is 3. The van der Waals surface area contributed by atoms with E-state index in [1.54, 1.807) is 0 Å². The number of likely N-dealkylation sites (tertiary alicyclic amines) is 1. The minimum absolute atomic E-state index is 0.0148. The fraction of sp³-hybridized carbons (Fsp3) is 0.471. The van der Waals surface area contributed by atoms with Gasteiger partial charge in [-0.25, -0.2) is 9.18 Å². The van der Waals surface area contributed by atoms with Crippen molar-refractivity contribution in [3.63, 3.8) is 0 Å². The van der Waals surface area contributed by atoms with Gasteiger partial charge in [-0.3, -0.25) is 14.5 Å². The number of alkyl halides is 6. The summed E-state index contributed by atoms with van der Waals surface area (Å²) < 4.78 is 82.9. The quantitative estimate of drug-likeness (QED) is 0.591. The van der Waals surface area contributed by atoms with E-state index in [4.69, 9.17) is 9.90 Å². The number of aliphatic carboxylic acids is 3. The zero-order chi connectivity index (χ0) is 24.0. The summed E-state index contributed by atoms with van der Waals surface area (Å²) in [6.45, 7) is -0.0757. The standard InChI is InChI=1S/C15H13F4NO4.C2HF3O2/c16-10-3-8(1-2-9(10)15(17,18)19)4-20-6-13(11(21)22)5-14(13,7-20)12(23)24;3-2(4,5)1(6)7/h1-3H,4-7H2,(H,21,22)(H,23,24);(H,6,7)/t13-,14+;. The van der Waals surface area contributed by atoms with Crippen LogP contribution in [0.5, 0.6) is 0 Å². The van der Waals surface area contributed by atoms with Crippen LogP contribution in [0.1, 0.15) is 17.5 Å². The maximum atomic E-state index is 13.6. The van der Waals surface area contributed by atoms with Crippen molar-refractivity contribution < 1.29 is 60.4 Å². The normalized spacial score (nSPS) is 25.3. The van der Waals surface area contributed by atoms with E-state index in [0.717, 1.165) is 12.1 Å². The summed E-state index contributed by atoms with van der Waals surface area (Å²) in [5.74, 6) is -6.57. The largest absolute Gasteiger partial charge is 0.490 e. The molecule has 1 aromatic carbocycles. The van der Waals surface area contributed by atoms with E-state index in [1.807, 2.05) is 0 Å². The van der Waals surface area contributed by atoms with Gasteiger partial charge < -0.3 is 15.3 Å². The van der Waals surface area contributed by atoms with Crippen molar-refractivity contribution in [2.24, 2.45) is 10.8 Å². The van der Waals surface area contributed by atoms with Crippen molar-refractivity contribution in [1.29, 1.82) is 0 Å². The average molecular weight is 461 g/mol. The van der Waals surface area contributed by atoms with Crippen molar-refractivity contribution in [3.8, 4) is 0 Å². The Labute approximate surface area is 168 Å². The lowest BCUT2D eigenvalue weighted by atomic mass is 9.97. The smallest absolute Gasteiger partial charge is 0.481 e. The Morgan fingerprint density at radius 2 is 1.39 bits per heavy atom. The van der Waals surface area contributed by atoms with Crippen LogP contribution in [0.3, 0.4) is 0 Å². The van der Waals surface area contributed by atoms with Crippen molar-refractivity contribution in [2.45, 2.75) is 25.3 Å². The van der Waals surface area contributed by atoms with Gasteiger partial charge >= 0.3 is 30.3 Å². The molecule has 0 unspecified atom stereocenters. The first-order valence-corrected chi connectivity index (χ1v) is 8.31. The molecule has 0 amide bonds. The molecule has 2 atom stereocenters. The van der Waals surface area contributed by atoms with Gasteiger partial charge in [0.2, 0.25) is 0 Å². The third-order valence-electron chi connectivity index (χ3n) is 5.19. The van der Waals surface area contributed by atoms with E-state index in [9.17, 15) is 50.5 Å². The monoisotopic (exact) mass is 461 g/mol. The summed E-state index contributed by atoms with van der Waals surface area (Å²) in [7, 11) is 0. The van der Waals surface area contributed by atoms with E-state index in [1.165, 1.54) is 4.90 Å². The molecule has 172 valence electrons. The lowest BCUT2D eigenvalue weighted by Gasteiger charge is -2.20. The minimum Gasteiger partial charge on any atom is -0.481 e. The van der Waals surface area contributed by atoms with Crippen LogP contribution < -0.4 is 0 Å². The van der Waals surface area contributed by atoms with Crippen LogP contribution in [0, 0.1) is 16.6 Å². The number of benzene rings is 1. The molecule has 7 nitrogen and oxygen atoms in total. The first kappa shape index (κ1) is 24.4. The molecule has 1 saturated heterocycles. The Morgan fingerprint density at radius 3 is 1.71 bits per heavy atom. The topological polar surface area (TPSA) is 115 Å². The maximum Gasteiger partial charge on any atom is 0.490 e. The zero-order valence-electron chi connectivity index (χ0n) is 15.2. The van der Waals surface area contributed by atoms with E-state index in [-0.39, 0.29) is 31.6 Å². The molecule has 1 heterocycles. The van der Waals surface area contributed by atoms with Gasteiger partial charge in [-0.15, -0.1) is 0 Å². The fourth-order valence-corrected chi connectivity index (χ4v) is 3.66. The minimum atomic E-state index is -5.08. The van der Waals surface area contributed by atoms with Crippen LogP contribution in [-0.4, -0.2) is 57.4 Å². The number of carbonyl (C=O) groups is 3. The van der Waals surface area contributed by atoms with Crippen molar-refractivity contribution in [2.75, 3.05) is 13.1 Å². The van der Waals surface area contributed by atoms with Gasteiger partial charge in [-0.2, -0.15) is 26.3 Å². The van der Waals surface area contributed by atoms with Crippen LogP contribution >= 0.6 is 0 Å². The highest BCUT2D eigenvalue weighted by molar-refractivity contribution is 5.94.